The second-order valence-corrected chi connectivity index (χ2v) is 7.59. The van der Waals surface area contributed by atoms with Crippen molar-refractivity contribution in [2.75, 3.05) is 31.2 Å². The second-order valence-electron chi connectivity index (χ2n) is 4.46. The number of hydrogen-bond acceptors (Lipinski definition) is 4. The highest BCUT2D eigenvalue weighted by molar-refractivity contribution is 7.99. The van der Waals surface area contributed by atoms with E-state index in [9.17, 15) is 8.42 Å². The van der Waals surface area contributed by atoms with Crippen molar-refractivity contribution in [3.63, 3.8) is 0 Å². The minimum Gasteiger partial charge on any atom is -0.384 e. The third-order valence-corrected chi connectivity index (χ3v) is 6.07. The van der Waals surface area contributed by atoms with Crippen LogP contribution in [0.25, 0.3) is 0 Å². The molecule has 108 valence electrons. The Morgan fingerprint density at radius 1 is 1.35 bits per heavy atom. The van der Waals surface area contributed by atoms with Crippen LogP contribution in [0.15, 0.2) is 23.1 Å². The zero-order valence-electron chi connectivity index (χ0n) is 11.3. The van der Waals surface area contributed by atoms with Crippen molar-refractivity contribution in [1.29, 1.82) is 0 Å². The lowest BCUT2D eigenvalue weighted by atomic mass is 10.1. The van der Waals surface area contributed by atoms with Gasteiger partial charge in [0.1, 0.15) is 6.61 Å². The van der Waals surface area contributed by atoms with E-state index >= 15 is 0 Å². The monoisotopic (exact) mass is 311 g/mol. The predicted octanol–water partition coefficient (Wildman–Crippen LogP) is 1.08. The fourth-order valence-corrected chi connectivity index (χ4v) is 4.85. The number of thioether (sulfide) groups is 1. The molecule has 2 rings (SSSR count). The SMILES string of the molecule is Cc1ccc(C#CCO)cc1S(=O)(=O)N1CCSCC1. The third-order valence-electron chi connectivity index (χ3n) is 3.09. The number of aliphatic hydroxyl groups excluding tert-OH is 1. The molecule has 0 unspecified atom stereocenters. The molecule has 1 aliphatic heterocycles. The van der Waals surface area contributed by atoms with Crippen molar-refractivity contribution >= 4 is 21.8 Å². The molecule has 0 amide bonds. The second kappa shape index (κ2) is 6.64. The van der Waals surface area contributed by atoms with Crippen LogP contribution in [0.3, 0.4) is 0 Å². The van der Waals surface area contributed by atoms with Gasteiger partial charge in [-0.2, -0.15) is 16.1 Å². The normalized spacial score (nSPS) is 16.5. The summed E-state index contributed by atoms with van der Waals surface area (Å²) in [5.41, 5.74) is 1.33. The fraction of sp³-hybridized carbons (Fsp3) is 0.429. The van der Waals surface area contributed by atoms with Gasteiger partial charge in [-0.15, -0.1) is 0 Å². The first kappa shape index (κ1) is 15.4. The number of aryl methyl sites for hydroxylation is 1. The molecule has 1 fully saturated rings. The van der Waals surface area contributed by atoms with E-state index in [4.69, 9.17) is 5.11 Å². The molecule has 20 heavy (non-hydrogen) atoms. The third kappa shape index (κ3) is 3.36. The van der Waals surface area contributed by atoms with Gasteiger partial charge in [-0.1, -0.05) is 17.9 Å². The zero-order chi connectivity index (χ0) is 14.6. The van der Waals surface area contributed by atoms with Crippen LogP contribution in [0.4, 0.5) is 0 Å². The van der Waals surface area contributed by atoms with Gasteiger partial charge in [0.25, 0.3) is 0 Å². The summed E-state index contributed by atoms with van der Waals surface area (Å²) >= 11 is 1.77. The standard InChI is InChI=1S/C14H17NO3S2/c1-12-4-5-13(3-2-8-16)11-14(12)20(17,18)15-6-9-19-10-7-15/h4-5,11,16H,6-10H2,1H3. The van der Waals surface area contributed by atoms with Crippen molar-refractivity contribution in [2.45, 2.75) is 11.8 Å². The van der Waals surface area contributed by atoms with Gasteiger partial charge in [-0.25, -0.2) is 8.42 Å². The minimum absolute atomic E-state index is 0.237. The summed E-state index contributed by atoms with van der Waals surface area (Å²) in [6.45, 7) is 2.66. The summed E-state index contributed by atoms with van der Waals surface area (Å²) in [5, 5.41) is 8.71. The van der Waals surface area contributed by atoms with Crippen LogP contribution >= 0.6 is 11.8 Å². The molecule has 1 aromatic rings. The van der Waals surface area contributed by atoms with Crippen LogP contribution in [0.5, 0.6) is 0 Å². The average molecular weight is 311 g/mol. The van der Waals surface area contributed by atoms with Gasteiger partial charge in [-0.3, -0.25) is 0 Å². The Morgan fingerprint density at radius 2 is 2.05 bits per heavy atom. The van der Waals surface area contributed by atoms with E-state index in [2.05, 4.69) is 11.8 Å². The average Bonchev–Trinajstić information content (AvgIpc) is 2.47. The molecule has 1 heterocycles. The summed E-state index contributed by atoms with van der Waals surface area (Å²) < 4.78 is 26.8. The Kier molecular flexibility index (Phi) is 5.11. The summed E-state index contributed by atoms with van der Waals surface area (Å²) in [6, 6.07) is 5.12. The summed E-state index contributed by atoms with van der Waals surface area (Å²) in [4.78, 5) is 0.314. The number of sulfonamides is 1. The number of rotatable bonds is 2. The van der Waals surface area contributed by atoms with Crippen LogP contribution in [0, 0.1) is 18.8 Å². The highest BCUT2D eigenvalue weighted by Crippen LogP contribution is 2.23. The minimum atomic E-state index is -3.45. The van der Waals surface area contributed by atoms with E-state index in [1.54, 1.807) is 36.9 Å². The molecule has 0 saturated carbocycles. The maximum Gasteiger partial charge on any atom is 0.243 e. The molecular weight excluding hydrogens is 294 g/mol. The molecule has 0 atom stereocenters. The summed E-state index contributed by atoms with van der Waals surface area (Å²) in [5.74, 6) is 6.96. The van der Waals surface area contributed by atoms with Gasteiger partial charge < -0.3 is 5.11 Å². The van der Waals surface area contributed by atoms with E-state index in [1.165, 1.54) is 4.31 Å². The molecule has 0 radical (unpaired) electrons. The van der Waals surface area contributed by atoms with Crippen molar-refractivity contribution in [3.8, 4) is 11.8 Å². The molecule has 1 aliphatic rings. The van der Waals surface area contributed by atoms with Crippen LogP contribution in [0.2, 0.25) is 0 Å². The Labute approximate surface area is 124 Å². The molecule has 4 nitrogen and oxygen atoms in total. The first-order valence-electron chi connectivity index (χ1n) is 6.34. The first-order valence-corrected chi connectivity index (χ1v) is 8.93. The Morgan fingerprint density at radius 3 is 2.70 bits per heavy atom. The van der Waals surface area contributed by atoms with Crippen molar-refractivity contribution in [1.82, 2.24) is 4.31 Å². The lowest BCUT2D eigenvalue weighted by Gasteiger charge is -2.26. The predicted molar refractivity (Wildman–Crippen MR) is 81.2 cm³/mol. The van der Waals surface area contributed by atoms with Gasteiger partial charge in [-0.05, 0) is 24.6 Å². The highest BCUT2D eigenvalue weighted by atomic mass is 32.2. The smallest absolute Gasteiger partial charge is 0.243 e. The molecule has 6 heteroatoms. The lowest BCUT2D eigenvalue weighted by molar-refractivity contribution is 0.350. The summed E-state index contributed by atoms with van der Waals surface area (Å²) in [6.07, 6.45) is 0. The van der Waals surface area contributed by atoms with E-state index in [-0.39, 0.29) is 6.61 Å². The molecule has 0 spiro atoms. The van der Waals surface area contributed by atoms with Crippen molar-refractivity contribution in [3.05, 3.63) is 29.3 Å². The van der Waals surface area contributed by atoms with E-state index in [0.29, 0.717) is 23.5 Å². The molecule has 0 aromatic heterocycles. The molecule has 1 N–H and O–H groups in total. The van der Waals surface area contributed by atoms with Gasteiger partial charge in [0.05, 0.1) is 4.90 Å². The van der Waals surface area contributed by atoms with E-state index in [0.717, 1.165) is 17.1 Å². The molecule has 0 aliphatic carbocycles. The highest BCUT2D eigenvalue weighted by Gasteiger charge is 2.27. The number of nitrogens with zero attached hydrogens (tertiary/aromatic N) is 1. The van der Waals surface area contributed by atoms with Crippen LogP contribution in [0.1, 0.15) is 11.1 Å². The first-order chi connectivity index (χ1) is 9.55. The largest absolute Gasteiger partial charge is 0.384 e. The topological polar surface area (TPSA) is 57.6 Å². The lowest BCUT2D eigenvalue weighted by Crippen LogP contribution is -2.38. The van der Waals surface area contributed by atoms with Crippen molar-refractivity contribution < 1.29 is 13.5 Å². The number of hydrogen-bond donors (Lipinski definition) is 1. The maximum absolute atomic E-state index is 12.7. The van der Waals surface area contributed by atoms with Gasteiger partial charge in [0, 0.05) is 30.2 Å². The quantitative estimate of drug-likeness (QED) is 0.830. The Bertz CT molecular complexity index is 638. The van der Waals surface area contributed by atoms with Gasteiger partial charge >= 0.3 is 0 Å². The Balaban J connectivity index is 2.39. The maximum atomic E-state index is 12.7. The van der Waals surface area contributed by atoms with E-state index < -0.39 is 10.0 Å². The van der Waals surface area contributed by atoms with Crippen LogP contribution < -0.4 is 0 Å². The van der Waals surface area contributed by atoms with Gasteiger partial charge in [0.15, 0.2) is 0 Å². The van der Waals surface area contributed by atoms with Crippen molar-refractivity contribution in [2.24, 2.45) is 0 Å². The zero-order valence-corrected chi connectivity index (χ0v) is 12.9. The number of benzene rings is 1. The summed E-state index contributed by atoms with van der Waals surface area (Å²) in [7, 11) is -3.45. The Hall–Kier alpha value is -1.000. The molecule has 1 saturated heterocycles. The van der Waals surface area contributed by atoms with E-state index in [1.807, 2.05) is 0 Å². The number of aliphatic hydroxyl groups is 1. The molecule has 0 bridgehead atoms. The molecular formula is C14H17NO3S2. The molecule has 1 aromatic carbocycles. The fourth-order valence-electron chi connectivity index (χ4n) is 2.02. The van der Waals surface area contributed by atoms with Crippen LogP contribution in [-0.4, -0.2) is 49.0 Å². The van der Waals surface area contributed by atoms with Gasteiger partial charge in [0.2, 0.25) is 10.0 Å². The van der Waals surface area contributed by atoms with Crippen LogP contribution in [-0.2, 0) is 10.0 Å².